The van der Waals surface area contributed by atoms with Crippen molar-refractivity contribution < 1.29 is 14.3 Å². The molecule has 0 aliphatic heterocycles. The fourth-order valence-electron chi connectivity index (χ4n) is 0.800. The maximum atomic E-state index is 11.0. The van der Waals surface area contributed by atoms with Crippen molar-refractivity contribution in [3.63, 3.8) is 0 Å². The van der Waals surface area contributed by atoms with E-state index in [2.05, 4.69) is 9.72 Å². The number of nitrogen functional groups attached to an aromatic ring is 1. The Morgan fingerprint density at radius 1 is 1.69 bits per heavy atom. The summed E-state index contributed by atoms with van der Waals surface area (Å²) in [5.74, 6) is -0.594. The summed E-state index contributed by atoms with van der Waals surface area (Å²) in [6.07, 6.45) is 1.80. The first-order valence-electron chi connectivity index (χ1n) is 3.48. The van der Waals surface area contributed by atoms with Gasteiger partial charge in [-0.2, -0.15) is 0 Å². The summed E-state index contributed by atoms with van der Waals surface area (Å²) in [5.41, 5.74) is 5.93. The number of carbonyl (C=O) groups is 2. The molecule has 68 valence electrons. The molecule has 0 radical (unpaired) electrons. The Labute approximate surface area is 74.5 Å². The minimum atomic E-state index is -0.594. The standard InChI is InChI=1S/C8H8N2O3/c1-13-8(12)7-2-5(4-11)6(9)3-10-7/h2-4H,9H2,1H3. The lowest BCUT2D eigenvalue weighted by Crippen LogP contribution is -2.06. The van der Waals surface area contributed by atoms with Crippen molar-refractivity contribution in [2.24, 2.45) is 0 Å². The molecule has 0 amide bonds. The number of carbonyl (C=O) groups excluding carboxylic acids is 2. The Kier molecular flexibility index (Phi) is 2.59. The number of methoxy groups -OCH3 is 1. The first-order chi connectivity index (χ1) is 6.19. The maximum Gasteiger partial charge on any atom is 0.356 e. The summed E-state index contributed by atoms with van der Waals surface area (Å²) in [7, 11) is 1.24. The van der Waals surface area contributed by atoms with Gasteiger partial charge in [-0.15, -0.1) is 0 Å². The number of aromatic nitrogens is 1. The third-order valence-corrected chi connectivity index (χ3v) is 1.49. The van der Waals surface area contributed by atoms with Gasteiger partial charge in [0.2, 0.25) is 0 Å². The monoisotopic (exact) mass is 180 g/mol. The van der Waals surface area contributed by atoms with Crippen LogP contribution in [0.1, 0.15) is 20.8 Å². The van der Waals surface area contributed by atoms with Crippen LogP contribution in [0.15, 0.2) is 12.3 Å². The summed E-state index contributed by atoms with van der Waals surface area (Å²) < 4.78 is 4.42. The molecule has 0 spiro atoms. The minimum absolute atomic E-state index is 0.0683. The molecule has 0 bridgehead atoms. The molecule has 0 fully saturated rings. The predicted molar refractivity (Wildman–Crippen MR) is 45.4 cm³/mol. The first-order valence-corrected chi connectivity index (χ1v) is 3.48. The number of hydrogen-bond acceptors (Lipinski definition) is 5. The third-order valence-electron chi connectivity index (χ3n) is 1.49. The van der Waals surface area contributed by atoms with E-state index in [1.54, 1.807) is 0 Å². The molecule has 0 saturated heterocycles. The van der Waals surface area contributed by atoms with Gasteiger partial charge in [0.1, 0.15) is 5.69 Å². The van der Waals surface area contributed by atoms with Gasteiger partial charge in [0.15, 0.2) is 6.29 Å². The molecule has 1 aromatic rings. The van der Waals surface area contributed by atoms with Crippen LogP contribution in [0.25, 0.3) is 0 Å². The molecular weight excluding hydrogens is 172 g/mol. The number of pyridine rings is 1. The fraction of sp³-hybridized carbons (Fsp3) is 0.125. The Bertz CT molecular complexity index is 349. The summed E-state index contributed by atoms with van der Waals surface area (Å²) in [5, 5.41) is 0. The molecule has 0 aromatic carbocycles. The van der Waals surface area contributed by atoms with Gasteiger partial charge >= 0.3 is 5.97 Å². The highest BCUT2D eigenvalue weighted by molar-refractivity contribution is 5.91. The van der Waals surface area contributed by atoms with E-state index in [-0.39, 0.29) is 16.9 Å². The van der Waals surface area contributed by atoms with Gasteiger partial charge in [-0.1, -0.05) is 0 Å². The average Bonchev–Trinajstić information content (AvgIpc) is 2.17. The van der Waals surface area contributed by atoms with E-state index < -0.39 is 5.97 Å². The van der Waals surface area contributed by atoms with Gasteiger partial charge in [-0.3, -0.25) is 4.79 Å². The number of anilines is 1. The lowest BCUT2D eigenvalue weighted by Gasteiger charge is -2.00. The second-order valence-corrected chi connectivity index (χ2v) is 2.31. The van der Waals surface area contributed by atoms with E-state index >= 15 is 0 Å². The van der Waals surface area contributed by atoms with Crippen LogP contribution >= 0.6 is 0 Å². The molecule has 1 aromatic heterocycles. The second kappa shape index (κ2) is 3.66. The molecule has 0 unspecified atom stereocenters. The molecule has 0 saturated carbocycles. The normalized spacial score (nSPS) is 9.31. The molecule has 0 aliphatic rings. The van der Waals surface area contributed by atoms with Crippen molar-refractivity contribution in [1.82, 2.24) is 4.98 Å². The van der Waals surface area contributed by atoms with E-state index in [9.17, 15) is 9.59 Å². The molecule has 13 heavy (non-hydrogen) atoms. The number of nitrogens with zero attached hydrogens (tertiary/aromatic N) is 1. The van der Waals surface area contributed by atoms with Crippen LogP contribution in [0.5, 0.6) is 0 Å². The number of esters is 1. The number of nitrogens with two attached hydrogens (primary N) is 1. The number of ether oxygens (including phenoxy) is 1. The molecular formula is C8H8N2O3. The third kappa shape index (κ3) is 1.81. The summed E-state index contributed by atoms with van der Waals surface area (Å²) >= 11 is 0. The quantitative estimate of drug-likeness (QED) is 0.521. The van der Waals surface area contributed by atoms with Crippen LogP contribution in [0.4, 0.5) is 5.69 Å². The van der Waals surface area contributed by atoms with Crippen molar-refractivity contribution in [2.75, 3.05) is 12.8 Å². The predicted octanol–water partition coefficient (Wildman–Crippen LogP) is 0.263. The van der Waals surface area contributed by atoms with Gasteiger partial charge < -0.3 is 10.5 Å². The average molecular weight is 180 g/mol. The molecule has 5 heteroatoms. The molecule has 1 heterocycles. The zero-order valence-electron chi connectivity index (χ0n) is 6.98. The van der Waals surface area contributed by atoms with Crippen molar-refractivity contribution in [2.45, 2.75) is 0 Å². The van der Waals surface area contributed by atoms with Gasteiger partial charge in [-0.05, 0) is 6.07 Å². The summed E-state index contributed by atoms with van der Waals surface area (Å²) in [6, 6.07) is 1.29. The van der Waals surface area contributed by atoms with Gasteiger partial charge in [0.05, 0.1) is 19.0 Å². The summed E-state index contributed by atoms with van der Waals surface area (Å²) in [4.78, 5) is 25.1. The first kappa shape index (κ1) is 9.18. The number of hydrogen-bond donors (Lipinski definition) is 1. The van der Waals surface area contributed by atoms with Gasteiger partial charge in [0, 0.05) is 5.56 Å². The largest absolute Gasteiger partial charge is 0.464 e. The second-order valence-electron chi connectivity index (χ2n) is 2.31. The highest BCUT2D eigenvalue weighted by atomic mass is 16.5. The van der Waals surface area contributed by atoms with E-state index in [4.69, 9.17) is 5.73 Å². The van der Waals surface area contributed by atoms with Gasteiger partial charge in [-0.25, -0.2) is 9.78 Å². The Hall–Kier alpha value is -1.91. The smallest absolute Gasteiger partial charge is 0.356 e. The lowest BCUT2D eigenvalue weighted by atomic mass is 10.2. The van der Waals surface area contributed by atoms with E-state index in [1.165, 1.54) is 19.4 Å². The summed E-state index contributed by atoms with van der Waals surface area (Å²) in [6.45, 7) is 0. The van der Waals surface area contributed by atoms with Crippen molar-refractivity contribution in [3.8, 4) is 0 Å². The zero-order chi connectivity index (χ0) is 9.84. The fourth-order valence-corrected chi connectivity index (χ4v) is 0.800. The van der Waals surface area contributed by atoms with Crippen LogP contribution in [-0.4, -0.2) is 24.3 Å². The Morgan fingerprint density at radius 2 is 2.38 bits per heavy atom. The van der Waals surface area contributed by atoms with Crippen molar-refractivity contribution >= 4 is 17.9 Å². The SMILES string of the molecule is COC(=O)c1cc(C=O)c(N)cn1. The molecule has 0 aliphatic carbocycles. The van der Waals surface area contributed by atoms with Gasteiger partial charge in [0.25, 0.3) is 0 Å². The minimum Gasteiger partial charge on any atom is -0.464 e. The molecule has 0 atom stereocenters. The van der Waals surface area contributed by atoms with Crippen molar-refractivity contribution in [1.29, 1.82) is 0 Å². The van der Waals surface area contributed by atoms with Crippen LogP contribution < -0.4 is 5.73 Å². The Balaban J connectivity index is 3.13. The van der Waals surface area contributed by atoms with E-state index in [1.807, 2.05) is 0 Å². The topological polar surface area (TPSA) is 82.3 Å². The highest BCUT2D eigenvalue weighted by Crippen LogP contribution is 2.09. The zero-order valence-corrected chi connectivity index (χ0v) is 6.98. The number of rotatable bonds is 2. The van der Waals surface area contributed by atoms with E-state index in [0.29, 0.717) is 6.29 Å². The number of aldehydes is 1. The Morgan fingerprint density at radius 3 is 2.92 bits per heavy atom. The maximum absolute atomic E-state index is 11.0. The molecule has 5 nitrogen and oxygen atoms in total. The van der Waals surface area contributed by atoms with Crippen LogP contribution in [-0.2, 0) is 4.74 Å². The van der Waals surface area contributed by atoms with E-state index in [0.717, 1.165) is 0 Å². The highest BCUT2D eigenvalue weighted by Gasteiger charge is 2.09. The van der Waals surface area contributed by atoms with Crippen LogP contribution in [0.3, 0.4) is 0 Å². The molecule has 1 rings (SSSR count). The van der Waals surface area contributed by atoms with Crippen molar-refractivity contribution in [3.05, 3.63) is 23.5 Å². The lowest BCUT2D eigenvalue weighted by molar-refractivity contribution is 0.0594. The van der Waals surface area contributed by atoms with Crippen LogP contribution in [0, 0.1) is 0 Å². The molecule has 2 N–H and O–H groups in total. The van der Waals surface area contributed by atoms with Crippen LogP contribution in [0.2, 0.25) is 0 Å².